The number of hydrogen-bond acceptors (Lipinski definition) is 5. The van der Waals surface area contributed by atoms with Gasteiger partial charge in [0.25, 0.3) is 5.91 Å². The van der Waals surface area contributed by atoms with E-state index in [9.17, 15) is 9.59 Å². The van der Waals surface area contributed by atoms with Gasteiger partial charge in [0.15, 0.2) is 5.43 Å². The van der Waals surface area contributed by atoms with Crippen LogP contribution < -0.4 is 5.43 Å². The summed E-state index contributed by atoms with van der Waals surface area (Å²) in [7, 11) is 0. The van der Waals surface area contributed by atoms with E-state index in [4.69, 9.17) is 8.83 Å². The summed E-state index contributed by atoms with van der Waals surface area (Å²) in [5, 5.41) is 0.426. The fourth-order valence-corrected chi connectivity index (χ4v) is 3.97. The van der Waals surface area contributed by atoms with Crippen LogP contribution in [-0.4, -0.2) is 15.8 Å². The van der Waals surface area contributed by atoms with Gasteiger partial charge in [0.05, 0.1) is 29.8 Å². The lowest BCUT2D eigenvalue weighted by Crippen LogP contribution is -2.29. The van der Waals surface area contributed by atoms with Gasteiger partial charge in [0, 0.05) is 16.9 Å². The Morgan fingerprint density at radius 3 is 2.79 bits per heavy atom. The first-order valence-electron chi connectivity index (χ1n) is 8.63. The van der Waals surface area contributed by atoms with E-state index >= 15 is 0 Å². The normalized spacial score (nSPS) is 16.0. The van der Waals surface area contributed by atoms with Crippen LogP contribution in [0.1, 0.15) is 33.5 Å². The number of hydrogen-bond donors (Lipinski definition) is 0. The zero-order valence-electron chi connectivity index (χ0n) is 14.5. The summed E-state index contributed by atoms with van der Waals surface area (Å²) in [5.74, 6) is 0.345. The molecule has 3 aromatic heterocycles. The number of benzene rings is 1. The number of pyridine rings is 1. The number of furan rings is 1. The van der Waals surface area contributed by atoms with E-state index in [0.29, 0.717) is 22.3 Å². The van der Waals surface area contributed by atoms with Crippen molar-refractivity contribution >= 4 is 32.8 Å². The van der Waals surface area contributed by atoms with Crippen molar-refractivity contribution in [2.75, 3.05) is 0 Å². The Hall–Kier alpha value is -3.19. The molecule has 0 aliphatic carbocycles. The summed E-state index contributed by atoms with van der Waals surface area (Å²) < 4.78 is 12.1. The third-order valence-electron chi connectivity index (χ3n) is 4.83. The molecule has 6 nitrogen and oxygen atoms in total. The smallest absolute Gasteiger partial charge is 0.291 e. The second kappa shape index (κ2) is 6.45. The summed E-state index contributed by atoms with van der Waals surface area (Å²) in [6.07, 6.45) is 4.86. The van der Waals surface area contributed by atoms with Crippen LogP contribution >= 0.6 is 15.9 Å². The number of nitrogens with zero attached hydrogens (tertiary/aromatic N) is 2. The van der Waals surface area contributed by atoms with Gasteiger partial charge in [0.1, 0.15) is 11.3 Å². The van der Waals surface area contributed by atoms with Crippen LogP contribution in [0.25, 0.3) is 11.0 Å². The number of carbonyl (C=O) groups is 1. The highest BCUT2D eigenvalue weighted by atomic mass is 79.9. The molecule has 4 heterocycles. The Kier molecular flexibility index (Phi) is 3.91. The lowest BCUT2D eigenvalue weighted by molar-refractivity contribution is 0.0701. The zero-order chi connectivity index (χ0) is 19.3. The first kappa shape index (κ1) is 16.9. The summed E-state index contributed by atoms with van der Waals surface area (Å²) in [6, 6.07) is 11.7. The third kappa shape index (κ3) is 2.58. The molecule has 28 heavy (non-hydrogen) atoms. The molecule has 1 aliphatic rings. The molecule has 0 radical (unpaired) electrons. The third-order valence-corrected chi connectivity index (χ3v) is 5.33. The van der Waals surface area contributed by atoms with Crippen LogP contribution in [-0.2, 0) is 6.54 Å². The molecular weight excluding hydrogens is 424 g/mol. The van der Waals surface area contributed by atoms with Gasteiger partial charge in [-0.15, -0.1) is 0 Å². The minimum atomic E-state index is -0.596. The van der Waals surface area contributed by atoms with Gasteiger partial charge in [-0.05, 0) is 42.0 Å². The molecule has 1 aliphatic heterocycles. The van der Waals surface area contributed by atoms with E-state index in [2.05, 4.69) is 20.9 Å². The van der Waals surface area contributed by atoms with Gasteiger partial charge in [-0.3, -0.25) is 14.6 Å². The van der Waals surface area contributed by atoms with E-state index in [1.807, 2.05) is 6.07 Å². The Bertz CT molecular complexity index is 1250. The van der Waals surface area contributed by atoms with Crippen molar-refractivity contribution in [3.8, 4) is 0 Å². The SMILES string of the molecule is O=C1c2oc3ccc(Br)cc3c(=O)c2[C@@H](c2cccnc2)N1Cc1ccco1. The maximum atomic E-state index is 13.3. The maximum Gasteiger partial charge on any atom is 0.291 e. The van der Waals surface area contributed by atoms with E-state index < -0.39 is 6.04 Å². The van der Waals surface area contributed by atoms with Gasteiger partial charge in [-0.1, -0.05) is 22.0 Å². The highest BCUT2D eigenvalue weighted by Crippen LogP contribution is 2.39. The molecule has 1 aromatic carbocycles. The van der Waals surface area contributed by atoms with E-state index in [0.717, 1.165) is 10.0 Å². The predicted molar refractivity (Wildman–Crippen MR) is 105 cm³/mol. The number of rotatable bonds is 3. The molecule has 1 atom stereocenters. The molecule has 5 rings (SSSR count). The molecule has 0 N–H and O–H groups in total. The number of fused-ring (bicyclic) bond motifs is 2. The molecule has 0 saturated carbocycles. The second-order valence-corrected chi connectivity index (χ2v) is 7.43. The van der Waals surface area contributed by atoms with Crippen LogP contribution in [0.2, 0.25) is 0 Å². The molecular formula is C21H13BrN2O4. The van der Waals surface area contributed by atoms with Crippen molar-refractivity contribution in [3.63, 3.8) is 0 Å². The van der Waals surface area contributed by atoms with Gasteiger partial charge in [-0.2, -0.15) is 0 Å². The van der Waals surface area contributed by atoms with Crippen molar-refractivity contribution < 1.29 is 13.6 Å². The Morgan fingerprint density at radius 2 is 2.04 bits per heavy atom. The van der Waals surface area contributed by atoms with E-state index in [-0.39, 0.29) is 23.6 Å². The molecule has 0 unspecified atom stereocenters. The molecule has 138 valence electrons. The summed E-state index contributed by atoms with van der Waals surface area (Å²) in [6.45, 7) is 0.217. The fraction of sp³-hybridized carbons (Fsp3) is 0.0952. The largest absolute Gasteiger partial charge is 0.467 e. The Labute approximate surface area is 167 Å². The number of carbonyl (C=O) groups excluding carboxylic acids is 1. The average molecular weight is 437 g/mol. The average Bonchev–Trinajstić information content (AvgIpc) is 3.31. The Balaban J connectivity index is 1.76. The van der Waals surface area contributed by atoms with E-state index in [1.165, 1.54) is 0 Å². The van der Waals surface area contributed by atoms with Crippen molar-refractivity contribution in [1.82, 2.24) is 9.88 Å². The predicted octanol–water partition coefficient (Wildman–Crippen LogP) is 4.29. The minimum absolute atomic E-state index is 0.0697. The van der Waals surface area contributed by atoms with Crippen LogP contribution in [0.3, 0.4) is 0 Å². The molecule has 7 heteroatoms. The molecule has 1 amide bonds. The van der Waals surface area contributed by atoms with Crippen molar-refractivity contribution in [2.24, 2.45) is 0 Å². The van der Waals surface area contributed by atoms with Crippen LogP contribution in [0, 0.1) is 0 Å². The maximum absolute atomic E-state index is 13.3. The molecule has 0 fully saturated rings. The van der Waals surface area contributed by atoms with Crippen molar-refractivity contribution in [2.45, 2.75) is 12.6 Å². The second-order valence-electron chi connectivity index (χ2n) is 6.52. The van der Waals surface area contributed by atoms with Gasteiger partial charge < -0.3 is 13.7 Å². The summed E-state index contributed by atoms with van der Waals surface area (Å²) >= 11 is 3.39. The molecule has 4 aromatic rings. The zero-order valence-corrected chi connectivity index (χ0v) is 16.0. The van der Waals surface area contributed by atoms with Crippen molar-refractivity contribution in [1.29, 1.82) is 0 Å². The van der Waals surface area contributed by atoms with Gasteiger partial charge in [0.2, 0.25) is 5.76 Å². The number of halogens is 1. The minimum Gasteiger partial charge on any atom is -0.467 e. The van der Waals surface area contributed by atoms with Crippen LogP contribution in [0.5, 0.6) is 0 Å². The summed E-state index contributed by atoms with van der Waals surface area (Å²) in [5.41, 5.74) is 1.23. The first-order chi connectivity index (χ1) is 13.6. The standard InChI is InChI=1S/C21H13BrN2O4/c22-13-5-6-16-15(9-13)19(25)17-18(12-3-1-7-23-10-12)24(21(26)20(17)28-16)11-14-4-2-8-27-14/h1-10,18H,11H2/t18-/m1/s1. The van der Waals surface area contributed by atoms with Gasteiger partial charge >= 0.3 is 0 Å². The van der Waals surface area contributed by atoms with Crippen LogP contribution in [0.4, 0.5) is 0 Å². The number of aromatic nitrogens is 1. The van der Waals surface area contributed by atoms with Crippen molar-refractivity contribution in [3.05, 3.63) is 98.5 Å². The lowest BCUT2D eigenvalue weighted by atomic mass is 10.00. The molecule has 0 bridgehead atoms. The quantitative estimate of drug-likeness (QED) is 0.478. The Morgan fingerprint density at radius 1 is 1.14 bits per heavy atom. The monoisotopic (exact) mass is 436 g/mol. The topological polar surface area (TPSA) is 76.6 Å². The molecule has 0 saturated heterocycles. The molecule has 0 spiro atoms. The van der Waals surface area contributed by atoms with Crippen LogP contribution in [0.15, 0.2) is 79.2 Å². The first-order valence-corrected chi connectivity index (χ1v) is 9.42. The highest BCUT2D eigenvalue weighted by molar-refractivity contribution is 9.10. The van der Waals surface area contributed by atoms with E-state index in [1.54, 1.807) is 60.0 Å². The van der Waals surface area contributed by atoms with Gasteiger partial charge in [-0.25, -0.2) is 0 Å². The summed E-state index contributed by atoms with van der Waals surface area (Å²) in [4.78, 5) is 32.3. The fourth-order valence-electron chi connectivity index (χ4n) is 3.61. The number of amides is 1. The lowest BCUT2D eigenvalue weighted by Gasteiger charge is -2.23. The highest BCUT2D eigenvalue weighted by Gasteiger charge is 2.43.